The van der Waals surface area contributed by atoms with Gasteiger partial charge >= 0.3 is 0 Å². The van der Waals surface area contributed by atoms with E-state index in [1.54, 1.807) is 0 Å². The molecular weight excluding hydrogens is 297 g/mol. The van der Waals surface area contributed by atoms with Gasteiger partial charge < -0.3 is 0 Å². The zero-order valence-corrected chi connectivity index (χ0v) is 11.2. The van der Waals surface area contributed by atoms with Gasteiger partial charge in [-0.05, 0) is 37.2 Å². The maximum absolute atomic E-state index is 2.44. The van der Waals surface area contributed by atoms with Crippen LogP contribution in [-0.4, -0.2) is 16.2 Å². The highest BCUT2D eigenvalue weighted by Gasteiger charge is 2.16. The van der Waals surface area contributed by atoms with Crippen molar-refractivity contribution in [3.63, 3.8) is 0 Å². The molecule has 1 heterocycles. The van der Waals surface area contributed by atoms with Crippen molar-refractivity contribution in [2.75, 3.05) is 13.1 Å². The molecule has 1 fully saturated rings. The molecule has 0 amide bonds. The van der Waals surface area contributed by atoms with Gasteiger partial charge in [-0.15, -0.1) is 0 Å². The number of piperidine rings is 1. The highest BCUT2D eigenvalue weighted by Crippen LogP contribution is 2.23. The Morgan fingerprint density at radius 2 is 1.80 bits per heavy atom. The number of benzene rings is 1. The largest absolute Gasteiger partial charge is 0.248 e. The molecule has 0 atom stereocenters. The van der Waals surface area contributed by atoms with Gasteiger partial charge in [-0.2, -0.15) is 0 Å². The van der Waals surface area contributed by atoms with Gasteiger partial charge in [0.2, 0.25) is 0 Å². The van der Waals surface area contributed by atoms with Crippen molar-refractivity contribution in [2.24, 2.45) is 5.92 Å². The third kappa shape index (κ3) is 3.76. The predicted molar refractivity (Wildman–Crippen MR) is 73.1 cm³/mol. The van der Waals surface area contributed by atoms with Gasteiger partial charge in [0, 0.05) is 36.0 Å². The molecule has 82 valence electrons. The van der Waals surface area contributed by atoms with Crippen LogP contribution in [-0.2, 0) is 6.42 Å². The molecule has 1 nitrogen and oxygen atoms in total. The molecule has 1 saturated heterocycles. The van der Waals surface area contributed by atoms with Crippen LogP contribution in [0.3, 0.4) is 0 Å². The highest BCUT2D eigenvalue weighted by atomic mass is 127. The Labute approximate surface area is 106 Å². The topological polar surface area (TPSA) is 3.24 Å². The van der Waals surface area contributed by atoms with E-state index in [-0.39, 0.29) is 0 Å². The van der Waals surface area contributed by atoms with Gasteiger partial charge in [0.25, 0.3) is 0 Å². The van der Waals surface area contributed by atoms with Gasteiger partial charge in [-0.25, -0.2) is 3.11 Å². The van der Waals surface area contributed by atoms with E-state index in [0.29, 0.717) is 0 Å². The van der Waals surface area contributed by atoms with Gasteiger partial charge in [-0.1, -0.05) is 30.3 Å². The number of hydrogen-bond acceptors (Lipinski definition) is 1. The maximum Gasteiger partial charge on any atom is 0.0201 e. The first kappa shape index (κ1) is 11.4. The molecule has 1 aromatic carbocycles. The molecule has 1 aliphatic rings. The van der Waals surface area contributed by atoms with Crippen LogP contribution < -0.4 is 0 Å². The summed E-state index contributed by atoms with van der Waals surface area (Å²) in [4.78, 5) is 0. The second kappa shape index (κ2) is 5.85. The monoisotopic (exact) mass is 315 g/mol. The molecule has 0 unspecified atom stereocenters. The molecule has 1 aliphatic heterocycles. The standard InChI is InChI=1S/C13H18IN/c14-15-10-8-13(9-11-15)7-6-12-4-2-1-3-5-12/h1-5,13H,6-11H2. The van der Waals surface area contributed by atoms with Gasteiger partial charge in [0.05, 0.1) is 0 Å². The second-order valence-electron chi connectivity index (χ2n) is 4.38. The Balaban J connectivity index is 1.74. The summed E-state index contributed by atoms with van der Waals surface area (Å²) in [6, 6.07) is 10.9. The van der Waals surface area contributed by atoms with E-state index >= 15 is 0 Å². The molecule has 0 aromatic heterocycles. The molecule has 2 heteroatoms. The lowest BCUT2D eigenvalue weighted by molar-refractivity contribution is 0.295. The molecule has 0 bridgehead atoms. The van der Waals surface area contributed by atoms with Crippen molar-refractivity contribution in [3.8, 4) is 0 Å². The first-order valence-electron chi connectivity index (χ1n) is 5.79. The van der Waals surface area contributed by atoms with Crippen molar-refractivity contribution in [2.45, 2.75) is 25.7 Å². The van der Waals surface area contributed by atoms with Crippen LogP contribution in [0, 0.1) is 5.92 Å². The lowest BCUT2D eigenvalue weighted by Gasteiger charge is -2.27. The number of hydrogen-bond donors (Lipinski definition) is 0. The average Bonchev–Trinajstić information content (AvgIpc) is 2.30. The summed E-state index contributed by atoms with van der Waals surface area (Å²) in [6.45, 7) is 2.56. The van der Waals surface area contributed by atoms with Gasteiger partial charge in [-0.3, -0.25) is 0 Å². The third-order valence-corrected chi connectivity index (χ3v) is 4.21. The predicted octanol–water partition coefficient (Wildman–Crippen LogP) is 3.68. The first-order valence-corrected chi connectivity index (χ1v) is 6.76. The van der Waals surface area contributed by atoms with E-state index in [9.17, 15) is 0 Å². The van der Waals surface area contributed by atoms with Gasteiger partial charge in [0.1, 0.15) is 0 Å². The summed E-state index contributed by atoms with van der Waals surface area (Å²) in [6.07, 6.45) is 5.40. The molecule has 0 radical (unpaired) electrons. The van der Waals surface area contributed by atoms with Crippen LogP contribution in [0.25, 0.3) is 0 Å². The van der Waals surface area contributed by atoms with Crippen LogP contribution >= 0.6 is 22.9 Å². The smallest absolute Gasteiger partial charge is 0.0201 e. The Morgan fingerprint density at radius 3 is 2.47 bits per heavy atom. The average molecular weight is 315 g/mol. The van der Waals surface area contributed by atoms with Gasteiger partial charge in [0.15, 0.2) is 0 Å². The Morgan fingerprint density at radius 1 is 1.13 bits per heavy atom. The Bertz CT molecular complexity index is 278. The van der Waals surface area contributed by atoms with Crippen LogP contribution in [0.5, 0.6) is 0 Å². The number of rotatable bonds is 3. The van der Waals surface area contributed by atoms with Crippen LogP contribution in [0.1, 0.15) is 24.8 Å². The molecular formula is C13H18IN. The third-order valence-electron chi connectivity index (χ3n) is 3.24. The summed E-state index contributed by atoms with van der Waals surface area (Å²) in [5.41, 5.74) is 1.49. The zero-order valence-electron chi connectivity index (χ0n) is 9.03. The Hall–Kier alpha value is -0.0900. The number of halogens is 1. The van der Waals surface area contributed by atoms with E-state index in [0.717, 1.165) is 5.92 Å². The van der Waals surface area contributed by atoms with E-state index in [2.05, 4.69) is 56.3 Å². The SMILES string of the molecule is IN1CCC(CCc2ccccc2)CC1. The lowest BCUT2D eigenvalue weighted by atomic mass is 9.91. The zero-order chi connectivity index (χ0) is 10.5. The second-order valence-corrected chi connectivity index (χ2v) is 5.74. The van der Waals surface area contributed by atoms with Crippen molar-refractivity contribution in [1.29, 1.82) is 0 Å². The summed E-state index contributed by atoms with van der Waals surface area (Å²) in [7, 11) is 0. The minimum atomic E-state index is 0.955. The van der Waals surface area contributed by atoms with Crippen molar-refractivity contribution in [3.05, 3.63) is 35.9 Å². The number of nitrogens with zero attached hydrogens (tertiary/aromatic N) is 1. The first-order chi connectivity index (χ1) is 7.34. The molecule has 15 heavy (non-hydrogen) atoms. The van der Waals surface area contributed by atoms with E-state index < -0.39 is 0 Å². The fourth-order valence-corrected chi connectivity index (χ4v) is 2.76. The van der Waals surface area contributed by atoms with E-state index in [1.165, 1.54) is 44.3 Å². The molecule has 2 rings (SSSR count). The number of aryl methyl sites for hydroxylation is 1. The minimum absolute atomic E-state index is 0.955. The van der Waals surface area contributed by atoms with E-state index in [1.807, 2.05) is 0 Å². The van der Waals surface area contributed by atoms with Crippen molar-refractivity contribution in [1.82, 2.24) is 3.11 Å². The molecule has 0 spiro atoms. The molecule has 1 aromatic rings. The molecule has 0 saturated carbocycles. The summed E-state index contributed by atoms with van der Waals surface area (Å²) in [5, 5.41) is 0. The normalized spacial score (nSPS) is 19.3. The summed E-state index contributed by atoms with van der Waals surface area (Å²) < 4.78 is 2.41. The fraction of sp³-hybridized carbons (Fsp3) is 0.538. The Kier molecular flexibility index (Phi) is 4.44. The van der Waals surface area contributed by atoms with Crippen molar-refractivity contribution < 1.29 is 0 Å². The van der Waals surface area contributed by atoms with Crippen LogP contribution in [0.2, 0.25) is 0 Å². The molecule has 0 N–H and O–H groups in total. The highest BCUT2D eigenvalue weighted by molar-refractivity contribution is 14.1. The van der Waals surface area contributed by atoms with Crippen LogP contribution in [0.4, 0.5) is 0 Å². The summed E-state index contributed by atoms with van der Waals surface area (Å²) in [5.74, 6) is 0.955. The quantitative estimate of drug-likeness (QED) is 0.607. The maximum atomic E-state index is 2.44. The van der Waals surface area contributed by atoms with Crippen molar-refractivity contribution >= 4 is 22.9 Å². The van der Waals surface area contributed by atoms with Crippen LogP contribution in [0.15, 0.2) is 30.3 Å². The minimum Gasteiger partial charge on any atom is -0.248 e. The fourth-order valence-electron chi connectivity index (χ4n) is 2.21. The van der Waals surface area contributed by atoms with E-state index in [4.69, 9.17) is 0 Å². The molecule has 0 aliphatic carbocycles. The lowest BCUT2D eigenvalue weighted by Crippen LogP contribution is -2.26. The summed E-state index contributed by atoms with van der Waals surface area (Å²) >= 11 is 2.44.